The van der Waals surface area contributed by atoms with E-state index in [1.165, 1.54) is 4.90 Å². The molecule has 0 fully saturated rings. The first-order chi connectivity index (χ1) is 8.90. The Morgan fingerprint density at radius 1 is 1.21 bits per heavy atom. The molecule has 0 radical (unpaired) electrons. The van der Waals surface area contributed by atoms with E-state index >= 15 is 0 Å². The van der Waals surface area contributed by atoms with Crippen molar-refractivity contribution in [2.24, 2.45) is 5.73 Å². The van der Waals surface area contributed by atoms with Crippen LogP contribution in [0.4, 0.5) is 4.79 Å². The first kappa shape index (κ1) is 18.2. The molecule has 1 aromatic heterocycles. The predicted molar refractivity (Wildman–Crippen MR) is 75.3 cm³/mol. The van der Waals surface area contributed by atoms with Crippen LogP contribution in [0.3, 0.4) is 0 Å². The first-order valence-corrected chi connectivity index (χ1v) is 6.68. The van der Waals surface area contributed by atoms with E-state index in [4.69, 9.17) is 52.1 Å². The van der Waals surface area contributed by atoms with Gasteiger partial charge in [-0.25, -0.2) is 9.59 Å². The van der Waals surface area contributed by atoms with E-state index in [1.54, 1.807) is 0 Å². The fourth-order valence-electron chi connectivity index (χ4n) is 0.870. The average molecular weight is 351 g/mol. The number of primary amides is 1. The Bertz CT molecular complexity index is 426. The molecule has 0 bridgehead atoms. The number of aromatic amines is 1. The Morgan fingerprint density at radius 2 is 1.74 bits per heavy atom. The van der Waals surface area contributed by atoms with Crippen LogP contribution >= 0.6 is 46.4 Å². The molecule has 1 heterocycles. The van der Waals surface area contributed by atoms with Crippen molar-refractivity contribution in [2.45, 2.75) is 0 Å². The summed E-state index contributed by atoms with van der Waals surface area (Å²) in [5, 5.41) is -0.205. The van der Waals surface area contributed by atoms with Crippen molar-refractivity contribution in [1.29, 1.82) is 0 Å². The number of hydrogen-bond donors (Lipinski definition) is 2. The molecule has 1 aromatic rings. The van der Waals surface area contributed by atoms with E-state index < -0.39 is 11.7 Å². The topological polar surface area (TPSA) is 105 Å². The van der Waals surface area contributed by atoms with Crippen LogP contribution in [0.15, 0.2) is 4.79 Å². The third-order valence-electron chi connectivity index (χ3n) is 1.61. The van der Waals surface area contributed by atoms with Crippen molar-refractivity contribution in [3.63, 3.8) is 0 Å². The molecule has 0 atom stereocenters. The molecule has 0 aliphatic heterocycles. The second-order valence-electron chi connectivity index (χ2n) is 2.92. The fourth-order valence-corrected chi connectivity index (χ4v) is 1.64. The van der Waals surface area contributed by atoms with Crippen molar-refractivity contribution < 1.29 is 4.79 Å². The van der Waals surface area contributed by atoms with Crippen molar-refractivity contribution >= 4 is 52.4 Å². The predicted octanol–water partition coefficient (Wildman–Crippen LogP) is 1.32. The van der Waals surface area contributed by atoms with Gasteiger partial charge in [-0.2, -0.15) is 9.97 Å². The van der Waals surface area contributed by atoms with Crippen LogP contribution in [0.5, 0.6) is 0 Å². The Hall–Kier alpha value is -0.760. The molecule has 1 rings (SSSR count). The number of halogens is 4. The molecule has 108 valence electrons. The van der Waals surface area contributed by atoms with E-state index in [0.717, 1.165) is 0 Å². The van der Waals surface area contributed by atoms with Gasteiger partial charge >= 0.3 is 11.7 Å². The third-order valence-corrected chi connectivity index (χ3v) is 2.30. The lowest BCUT2D eigenvalue weighted by atomic mass is 10.5. The zero-order valence-electron chi connectivity index (χ0n) is 9.58. The minimum atomic E-state index is -0.597. The van der Waals surface area contributed by atoms with Gasteiger partial charge in [-0.3, -0.25) is 4.98 Å². The number of aromatic nitrogens is 3. The van der Waals surface area contributed by atoms with Crippen LogP contribution in [0.2, 0.25) is 10.6 Å². The maximum atomic E-state index is 10.5. The Balaban J connectivity index is 0.000000342. The van der Waals surface area contributed by atoms with Gasteiger partial charge in [-0.15, -0.1) is 23.2 Å². The summed E-state index contributed by atoms with van der Waals surface area (Å²) in [5.41, 5.74) is 4.38. The normalized spacial score (nSPS) is 9.47. The molecule has 0 aromatic carbocycles. The summed E-state index contributed by atoms with van der Waals surface area (Å²) in [5.74, 6) is 0.777. The molecular weight excluding hydrogens is 340 g/mol. The van der Waals surface area contributed by atoms with Gasteiger partial charge in [0.05, 0.1) is 0 Å². The minimum absolute atomic E-state index is 0.0556. The van der Waals surface area contributed by atoms with E-state index in [9.17, 15) is 9.59 Å². The number of amides is 2. The summed E-state index contributed by atoms with van der Waals surface area (Å²) in [4.78, 5) is 31.0. The molecular formula is C8H11Cl4N5O2. The summed E-state index contributed by atoms with van der Waals surface area (Å²) in [7, 11) is 0. The Labute approximate surface area is 129 Å². The summed E-state index contributed by atoms with van der Waals surface area (Å²) in [6.07, 6.45) is 0. The maximum absolute atomic E-state index is 10.5. The molecule has 0 aliphatic carbocycles. The van der Waals surface area contributed by atoms with Gasteiger partial charge < -0.3 is 10.6 Å². The number of urea groups is 1. The van der Waals surface area contributed by atoms with Gasteiger partial charge in [-0.05, 0) is 23.2 Å². The smallest absolute Gasteiger partial charge is 0.350 e. The van der Waals surface area contributed by atoms with Crippen LogP contribution in [-0.2, 0) is 0 Å². The Morgan fingerprint density at radius 3 is 2.05 bits per heavy atom. The fraction of sp³-hybridized carbons (Fsp3) is 0.500. The van der Waals surface area contributed by atoms with Gasteiger partial charge in [0, 0.05) is 24.8 Å². The van der Waals surface area contributed by atoms with E-state index in [-0.39, 0.29) is 10.6 Å². The van der Waals surface area contributed by atoms with Crippen LogP contribution in [0.1, 0.15) is 0 Å². The molecule has 0 saturated heterocycles. The lowest BCUT2D eigenvalue weighted by molar-refractivity contribution is 0.213. The van der Waals surface area contributed by atoms with Crippen molar-refractivity contribution in [2.75, 3.05) is 24.8 Å². The van der Waals surface area contributed by atoms with Gasteiger partial charge in [0.2, 0.25) is 10.6 Å². The van der Waals surface area contributed by atoms with E-state index in [1.807, 2.05) is 0 Å². The Kier molecular flexibility index (Phi) is 9.68. The lowest BCUT2D eigenvalue weighted by Gasteiger charge is -2.16. The van der Waals surface area contributed by atoms with E-state index in [0.29, 0.717) is 24.8 Å². The largest absolute Gasteiger partial charge is 0.351 e. The van der Waals surface area contributed by atoms with Gasteiger partial charge in [0.1, 0.15) is 0 Å². The van der Waals surface area contributed by atoms with Crippen LogP contribution in [0.25, 0.3) is 0 Å². The van der Waals surface area contributed by atoms with Gasteiger partial charge in [0.25, 0.3) is 0 Å². The number of carbonyl (C=O) groups is 1. The number of carbonyl (C=O) groups excluding carboxylic acids is 1. The summed E-state index contributed by atoms with van der Waals surface area (Å²) < 4.78 is 0. The summed E-state index contributed by atoms with van der Waals surface area (Å²) in [6.45, 7) is 0.924. The number of nitrogens with two attached hydrogens (primary N) is 1. The van der Waals surface area contributed by atoms with Crippen molar-refractivity contribution in [3.05, 3.63) is 21.1 Å². The number of rotatable bonds is 4. The monoisotopic (exact) mass is 349 g/mol. The average Bonchev–Trinajstić information content (AvgIpc) is 2.27. The number of alkyl halides is 2. The molecule has 0 saturated carbocycles. The SMILES string of the molecule is NC(=O)N(CCCl)CCCl.O=c1nc(Cl)nc(Cl)[nH]1. The molecule has 2 amide bonds. The highest BCUT2D eigenvalue weighted by Crippen LogP contribution is 1.98. The van der Waals surface area contributed by atoms with Crippen molar-refractivity contribution in [3.8, 4) is 0 Å². The molecule has 7 nitrogen and oxygen atoms in total. The zero-order valence-corrected chi connectivity index (χ0v) is 12.6. The molecule has 19 heavy (non-hydrogen) atoms. The lowest BCUT2D eigenvalue weighted by Crippen LogP contribution is -2.38. The van der Waals surface area contributed by atoms with E-state index in [2.05, 4.69) is 15.0 Å². The number of nitrogens with one attached hydrogen (secondary N) is 1. The number of H-pyrrole nitrogens is 1. The highest BCUT2D eigenvalue weighted by Gasteiger charge is 2.05. The summed E-state index contributed by atoms with van der Waals surface area (Å²) >= 11 is 21.2. The molecule has 0 spiro atoms. The second kappa shape index (κ2) is 10.1. The zero-order chi connectivity index (χ0) is 14.8. The highest BCUT2D eigenvalue weighted by atomic mass is 35.5. The molecule has 0 unspecified atom stereocenters. The standard InChI is InChI=1S/C5H10Cl2N2O.C3HCl2N3O/c6-1-3-9(4-2-7)5(8)10;4-1-6-2(5)8-3(9)7-1/h1-4H2,(H2,8,10);(H,6,7,8,9). The first-order valence-electron chi connectivity index (χ1n) is 4.86. The minimum Gasteiger partial charge on any atom is -0.351 e. The van der Waals surface area contributed by atoms with Gasteiger partial charge in [-0.1, -0.05) is 0 Å². The van der Waals surface area contributed by atoms with Crippen LogP contribution in [0, 0.1) is 0 Å². The van der Waals surface area contributed by atoms with Crippen molar-refractivity contribution in [1.82, 2.24) is 19.9 Å². The summed E-state index contributed by atoms with van der Waals surface area (Å²) in [6, 6.07) is -0.471. The van der Waals surface area contributed by atoms with Crippen LogP contribution in [-0.4, -0.2) is 50.7 Å². The number of nitrogens with zero attached hydrogens (tertiary/aromatic N) is 3. The quantitative estimate of drug-likeness (QED) is 0.798. The molecule has 3 N–H and O–H groups in total. The molecule has 0 aliphatic rings. The van der Waals surface area contributed by atoms with Crippen LogP contribution < -0.4 is 11.4 Å². The second-order valence-corrected chi connectivity index (χ2v) is 4.37. The highest BCUT2D eigenvalue weighted by molar-refractivity contribution is 6.30. The maximum Gasteiger partial charge on any atom is 0.350 e. The number of hydrogen-bond acceptors (Lipinski definition) is 4. The molecule has 11 heteroatoms. The van der Waals surface area contributed by atoms with Gasteiger partial charge in [0.15, 0.2) is 0 Å². The third kappa shape index (κ3) is 8.88.